The van der Waals surface area contributed by atoms with Crippen molar-refractivity contribution in [3.8, 4) is 5.75 Å². The maximum atomic E-state index is 11.8. The summed E-state index contributed by atoms with van der Waals surface area (Å²) >= 11 is 6.40. The van der Waals surface area contributed by atoms with E-state index in [4.69, 9.17) is 30.9 Å². The van der Waals surface area contributed by atoms with Crippen molar-refractivity contribution in [3.63, 3.8) is 0 Å². The van der Waals surface area contributed by atoms with Gasteiger partial charge >= 0.3 is 11.9 Å². The van der Waals surface area contributed by atoms with E-state index in [1.165, 1.54) is 0 Å². The number of aliphatic hydroxyl groups is 3. The van der Waals surface area contributed by atoms with Gasteiger partial charge in [-0.15, -0.1) is 0 Å². The van der Waals surface area contributed by atoms with Gasteiger partial charge in [0.1, 0.15) is 42.9 Å². The maximum absolute atomic E-state index is 11.8. The molecule has 0 bridgehead atoms. The largest absolute Gasteiger partial charge is 0.494 e. The zero-order valence-corrected chi connectivity index (χ0v) is 19.9. The SMILES string of the molecule is CCOc1ccc(Cc2cc([C@@H]3O[C@H](COC(=O)CCC(=O)O)[C@@H](O)[C@H](O)[C@H]3O)ccc2Cl)cc1. The van der Waals surface area contributed by atoms with E-state index in [2.05, 4.69) is 0 Å². The van der Waals surface area contributed by atoms with Crippen LogP contribution in [0.4, 0.5) is 0 Å². The maximum Gasteiger partial charge on any atom is 0.306 e. The average Bonchev–Trinajstić information content (AvgIpc) is 2.83. The predicted octanol–water partition coefficient (Wildman–Crippen LogP) is 2.26. The smallest absolute Gasteiger partial charge is 0.306 e. The van der Waals surface area contributed by atoms with Crippen LogP contribution in [0.5, 0.6) is 5.75 Å². The van der Waals surface area contributed by atoms with Crippen molar-refractivity contribution >= 4 is 23.5 Å². The Morgan fingerprint density at radius 1 is 1.00 bits per heavy atom. The lowest BCUT2D eigenvalue weighted by atomic mass is 9.90. The Bertz CT molecular complexity index is 1010. The van der Waals surface area contributed by atoms with Crippen molar-refractivity contribution in [2.75, 3.05) is 13.2 Å². The fourth-order valence-electron chi connectivity index (χ4n) is 3.82. The summed E-state index contributed by atoms with van der Waals surface area (Å²) in [4.78, 5) is 22.4. The lowest BCUT2D eigenvalue weighted by Crippen LogP contribution is -2.55. The first-order valence-electron chi connectivity index (χ1n) is 11.3. The minimum atomic E-state index is -1.55. The minimum absolute atomic E-state index is 0.334. The number of aliphatic hydroxyl groups excluding tert-OH is 3. The van der Waals surface area contributed by atoms with Crippen LogP contribution >= 0.6 is 11.6 Å². The van der Waals surface area contributed by atoms with E-state index in [1.807, 2.05) is 31.2 Å². The van der Waals surface area contributed by atoms with Crippen LogP contribution < -0.4 is 4.74 Å². The Labute approximate surface area is 207 Å². The standard InChI is InChI=1S/C25H29ClO9/c1-2-33-17-6-3-14(4-7-17)11-16-12-15(5-8-18(16)26)25-24(32)23(31)22(30)19(35-25)13-34-21(29)10-9-20(27)28/h3-8,12,19,22-25,30-32H,2,9-11,13H2,1H3,(H,27,28)/t19-,22-,23+,24-,25+/m1/s1. The molecule has 1 heterocycles. The highest BCUT2D eigenvalue weighted by molar-refractivity contribution is 6.31. The monoisotopic (exact) mass is 508 g/mol. The van der Waals surface area contributed by atoms with Gasteiger partial charge in [-0.2, -0.15) is 0 Å². The third-order valence-electron chi connectivity index (χ3n) is 5.69. The average molecular weight is 509 g/mol. The second kappa shape index (κ2) is 12.3. The Kier molecular flexibility index (Phi) is 9.47. The molecule has 1 fully saturated rings. The van der Waals surface area contributed by atoms with Gasteiger partial charge in [-0.25, -0.2) is 0 Å². The molecule has 0 unspecified atom stereocenters. The van der Waals surface area contributed by atoms with Crippen molar-refractivity contribution in [2.24, 2.45) is 0 Å². The highest BCUT2D eigenvalue weighted by Gasteiger charge is 2.44. The number of halogens is 1. The minimum Gasteiger partial charge on any atom is -0.494 e. The number of esters is 1. The van der Waals surface area contributed by atoms with Gasteiger partial charge in [0.2, 0.25) is 0 Å². The predicted molar refractivity (Wildman–Crippen MR) is 125 cm³/mol. The Morgan fingerprint density at radius 3 is 2.37 bits per heavy atom. The molecule has 1 saturated heterocycles. The van der Waals surface area contributed by atoms with Crippen LogP contribution in [0, 0.1) is 0 Å². The van der Waals surface area contributed by atoms with E-state index in [9.17, 15) is 24.9 Å². The second-order valence-corrected chi connectivity index (χ2v) is 8.66. The molecule has 1 aliphatic heterocycles. The summed E-state index contributed by atoms with van der Waals surface area (Å²) in [5.41, 5.74) is 2.27. The summed E-state index contributed by atoms with van der Waals surface area (Å²) in [7, 11) is 0. The number of carboxylic acids is 1. The van der Waals surface area contributed by atoms with Gasteiger partial charge in [0, 0.05) is 5.02 Å². The van der Waals surface area contributed by atoms with Crippen LogP contribution in [-0.2, 0) is 25.5 Å². The topological polar surface area (TPSA) is 143 Å². The highest BCUT2D eigenvalue weighted by Crippen LogP contribution is 2.34. The molecular weight excluding hydrogens is 480 g/mol. The molecule has 0 aliphatic carbocycles. The number of ether oxygens (including phenoxy) is 3. The van der Waals surface area contributed by atoms with Gasteiger partial charge in [0.05, 0.1) is 19.4 Å². The zero-order chi connectivity index (χ0) is 25.5. The first-order chi connectivity index (χ1) is 16.7. The van der Waals surface area contributed by atoms with Gasteiger partial charge in [-0.1, -0.05) is 35.9 Å². The van der Waals surface area contributed by atoms with Crippen LogP contribution in [0.25, 0.3) is 0 Å². The first kappa shape index (κ1) is 26.9. The van der Waals surface area contributed by atoms with Crippen LogP contribution in [0.15, 0.2) is 42.5 Å². The number of aliphatic carboxylic acids is 1. The van der Waals surface area contributed by atoms with Gasteiger partial charge in [0.15, 0.2) is 0 Å². The number of carbonyl (C=O) groups is 2. The quantitative estimate of drug-likeness (QED) is 0.355. The molecule has 4 N–H and O–H groups in total. The molecule has 35 heavy (non-hydrogen) atoms. The molecule has 5 atom stereocenters. The third-order valence-corrected chi connectivity index (χ3v) is 6.06. The van der Waals surface area contributed by atoms with E-state index in [-0.39, 0.29) is 6.42 Å². The molecule has 0 aromatic heterocycles. The van der Waals surface area contributed by atoms with Crippen molar-refractivity contribution in [3.05, 3.63) is 64.2 Å². The Hall–Kier alpha value is -2.69. The number of rotatable bonds is 10. The van der Waals surface area contributed by atoms with Crippen molar-refractivity contribution in [1.82, 2.24) is 0 Å². The molecular formula is C25H29ClO9. The van der Waals surface area contributed by atoms with E-state index in [1.54, 1.807) is 18.2 Å². The summed E-state index contributed by atoms with van der Waals surface area (Å²) in [5.74, 6) is -1.15. The lowest BCUT2D eigenvalue weighted by Gasteiger charge is -2.40. The Morgan fingerprint density at radius 2 is 1.71 bits per heavy atom. The fraction of sp³-hybridized carbons (Fsp3) is 0.440. The van der Waals surface area contributed by atoms with Crippen molar-refractivity contribution in [2.45, 2.75) is 56.7 Å². The molecule has 3 rings (SSSR count). The molecule has 190 valence electrons. The van der Waals surface area contributed by atoms with E-state index < -0.39 is 55.5 Å². The van der Waals surface area contributed by atoms with Crippen LogP contribution in [0.1, 0.15) is 42.6 Å². The van der Waals surface area contributed by atoms with E-state index in [0.29, 0.717) is 23.6 Å². The number of carbonyl (C=O) groups excluding carboxylic acids is 1. The van der Waals surface area contributed by atoms with E-state index in [0.717, 1.165) is 16.9 Å². The molecule has 0 radical (unpaired) electrons. The summed E-state index contributed by atoms with van der Waals surface area (Å²) < 4.78 is 16.3. The molecule has 2 aromatic rings. The van der Waals surface area contributed by atoms with Crippen LogP contribution in [0.3, 0.4) is 0 Å². The summed E-state index contributed by atoms with van der Waals surface area (Å²) in [6.45, 7) is 2.07. The van der Waals surface area contributed by atoms with E-state index >= 15 is 0 Å². The number of carboxylic acid groups (broad SMARTS) is 1. The highest BCUT2D eigenvalue weighted by atomic mass is 35.5. The van der Waals surface area contributed by atoms with Crippen LogP contribution in [0.2, 0.25) is 5.02 Å². The van der Waals surface area contributed by atoms with Crippen molar-refractivity contribution in [1.29, 1.82) is 0 Å². The second-order valence-electron chi connectivity index (χ2n) is 8.25. The summed E-state index contributed by atoms with van der Waals surface area (Å²) in [6.07, 6.45) is -6.88. The van der Waals surface area contributed by atoms with Crippen molar-refractivity contribution < 1.29 is 44.2 Å². The number of hydrogen-bond acceptors (Lipinski definition) is 8. The normalized spacial score (nSPS) is 24.1. The lowest BCUT2D eigenvalue weighted by molar-refractivity contribution is -0.234. The van der Waals surface area contributed by atoms with Gasteiger partial charge < -0.3 is 34.6 Å². The molecule has 0 saturated carbocycles. The van der Waals surface area contributed by atoms with Gasteiger partial charge in [0.25, 0.3) is 0 Å². The molecule has 0 spiro atoms. The number of benzene rings is 2. The fourth-order valence-corrected chi connectivity index (χ4v) is 4.00. The molecule has 9 nitrogen and oxygen atoms in total. The summed E-state index contributed by atoms with van der Waals surface area (Å²) in [5, 5.41) is 40.4. The van der Waals surface area contributed by atoms with Crippen LogP contribution in [-0.4, -0.2) is 70.0 Å². The molecule has 0 amide bonds. The number of hydrogen-bond donors (Lipinski definition) is 4. The third kappa shape index (κ3) is 7.16. The van der Waals surface area contributed by atoms with Gasteiger partial charge in [-0.05, 0) is 48.2 Å². The zero-order valence-electron chi connectivity index (χ0n) is 19.2. The Balaban J connectivity index is 1.73. The summed E-state index contributed by atoms with van der Waals surface area (Å²) in [6, 6.07) is 12.7. The first-order valence-corrected chi connectivity index (χ1v) is 11.6. The molecule has 1 aliphatic rings. The molecule has 2 aromatic carbocycles. The van der Waals surface area contributed by atoms with Gasteiger partial charge in [-0.3, -0.25) is 9.59 Å². The molecule has 10 heteroatoms.